The Morgan fingerprint density at radius 3 is 2.23 bits per heavy atom. The van der Waals surface area contributed by atoms with Crippen LogP contribution in [0, 0.1) is 17.3 Å². The van der Waals surface area contributed by atoms with E-state index < -0.39 is 5.41 Å². The third-order valence-electron chi connectivity index (χ3n) is 3.73. The van der Waals surface area contributed by atoms with Gasteiger partial charge in [-0.15, -0.1) is 0 Å². The van der Waals surface area contributed by atoms with Gasteiger partial charge in [-0.25, -0.2) is 0 Å². The second kappa shape index (κ2) is 7.43. The lowest BCUT2D eigenvalue weighted by atomic mass is 9.83. The Morgan fingerprint density at radius 2 is 1.64 bits per heavy atom. The van der Waals surface area contributed by atoms with Crippen LogP contribution in [0.25, 0.3) is 6.08 Å². The zero-order chi connectivity index (χ0) is 15.8. The molecule has 0 bridgehead atoms. The Kier molecular flexibility index (Phi) is 5.33. The molecule has 0 N–H and O–H groups in total. The van der Waals surface area contributed by atoms with Gasteiger partial charge in [0.05, 0.1) is 5.41 Å². The number of ketones is 1. The van der Waals surface area contributed by atoms with E-state index >= 15 is 0 Å². The van der Waals surface area contributed by atoms with Crippen molar-refractivity contribution in [1.82, 2.24) is 0 Å². The monoisotopic (exact) mass is 288 g/mol. The third kappa shape index (κ3) is 4.20. The van der Waals surface area contributed by atoms with Crippen LogP contribution in [0.1, 0.15) is 31.4 Å². The van der Waals surface area contributed by atoms with Crippen LogP contribution >= 0.6 is 0 Å². The summed E-state index contributed by atoms with van der Waals surface area (Å²) in [4.78, 5) is 12.5. The molecule has 2 aromatic carbocycles. The highest BCUT2D eigenvalue weighted by atomic mass is 16.1. The van der Waals surface area contributed by atoms with Crippen molar-refractivity contribution in [3.63, 3.8) is 0 Å². The number of rotatable bonds is 4. The first kappa shape index (κ1) is 15.8. The summed E-state index contributed by atoms with van der Waals surface area (Å²) in [5.74, 6) is 6.30. The molecule has 2 rings (SSSR count). The Bertz CT molecular complexity index is 702. The maximum atomic E-state index is 12.5. The normalized spacial score (nSPS) is 13.2. The van der Waals surface area contributed by atoms with Crippen molar-refractivity contribution in [1.29, 1.82) is 0 Å². The second-order valence-corrected chi connectivity index (χ2v) is 5.41. The Labute approximate surface area is 132 Å². The molecule has 0 radical (unpaired) electrons. The van der Waals surface area contributed by atoms with Gasteiger partial charge in [-0.3, -0.25) is 4.79 Å². The standard InChI is InChI=1S/C21H20O/c1-3-21(2,17-16-19-12-8-5-9-13-19)20(22)15-14-18-10-6-4-7-11-18/h4-15H,3H2,1-2H3/b15-14+. The van der Waals surface area contributed by atoms with Crippen molar-refractivity contribution < 1.29 is 4.79 Å². The molecule has 1 unspecified atom stereocenters. The van der Waals surface area contributed by atoms with Gasteiger partial charge in [0.15, 0.2) is 5.78 Å². The van der Waals surface area contributed by atoms with E-state index in [4.69, 9.17) is 0 Å². The van der Waals surface area contributed by atoms with Gasteiger partial charge in [0.25, 0.3) is 0 Å². The Balaban J connectivity index is 2.17. The lowest BCUT2D eigenvalue weighted by Crippen LogP contribution is -2.23. The maximum Gasteiger partial charge on any atom is 0.173 e. The summed E-state index contributed by atoms with van der Waals surface area (Å²) in [5.41, 5.74) is 1.30. The molecule has 0 amide bonds. The molecule has 1 nitrogen and oxygen atoms in total. The van der Waals surface area contributed by atoms with E-state index in [0.717, 1.165) is 11.1 Å². The van der Waals surface area contributed by atoms with Crippen LogP contribution in [0.4, 0.5) is 0 Å². The number of carbonyl (C=O) groups excluding carboxylic acids is 1. The largest absolute Gasteiger partial charge is 0.293 e. The molecule has 2 aromatic rings. The summed E-state index contributed by atoms with van der Waals surface area (Å²) < 4.78 is 0. The van der Waals surface area contributed by atoms with Crippen molar-refractivity contribution in [3.8, 4) is 11.8 Å². The minimum Gasteiger partial charge on any atom is -0.293 e. The molecule has 1 atom stereocenters. The number of benzene rings is 2. The van der Waals surface area contributed by atoms with E-state index in [0.29, 0.717) is 6.42 Å². The predicted octanol–water partition coefficient (Wildman–Crippen LogP) is 4.74. The average Bonchev–Trinajstić information content (AvgIpc) is 2.59. The lowest BCUT2D eigenvalue weighted by molar-refractivity contribution is -0.120. The van der Waals surface area contributed by atoms with Crippen molar-refractivity contribution in [2.45, 2.75) is 20.3 Å². The van der Waals surface area contributed by atoms with Crippen LogP contribution in [0.3, 0.4) is 0 Å². The van der Waals surface area contributed by atoms with Crippen molar-refractivity contribution in [3.05, 3.63) is 77.9 Å². The highest BCUT2D eigenvalue weighted by Crippen LogP contribution is 2.22. The fourth-order valence-corrected chi connectivity index (χ4v) is 1.98. The third-order valence-corrected chi connectivity index (χ3v) is 3.73. The molecule has 22 heavy (non-hydrogen) atoms. The second-order valence-electron chi connectivity index (χ2n) is 5.41. The Hall–Kier alpha value is -2.59. The topological polar surface area (TPSA) is 17.1 Å². The van der Waals surface area contributed by atoms with Gasteiger partial charge in [-0.05, 0) is 37.1 Å². The summed E-state index contributed by atoms with van der Waals surface area (Å²) in [7, 11) is 0. The van der Waals surface area contributed by atoms with Crippen LogP contribution < -0.4 is 0 Å². The highest BCUT2D eigenvalue weighted by molar-refractivity contribution is 5.99. The van der Waals surface area contributed by atoms with E-state index in [-0.39, 0.29) is 5.78 Å². The molecular formula is C21H20O. The molecule has 110 valence electrons. The van der Waals surface area contributed by atoms with Crippen LogP contribution in [0.5, 0.6) is 0 Å². The first-order chi connectivity index (χ1) is 10.6. The van der Waals surface area contributed by atoms with Crippen molar-refractivity contribution >= 4 is 11.9 Å². The zero-order valence-electron chi connectivity index (χ0n) is 13.0. The van der Waals surface area contributed by atoms with Gasteiger partial charge >= 0.3 is 0 Å². The SMILES string of the molecule is CCC(C)(C#Cc1ccccc1)C(=O)/C=C/c1ccccc1. The smallest absolute Gasteiger partial charge is 0.173 e. The first-order valence-corrected chi connectivity index (χ1v) is 7.50. The molecule has 0 aromatic heterocycles. The molecule has 0 saturated heterocycles. The minimum atomic E-state index is -0.652. The quantitative estimate of drug-likeness (QED) is 0.587. The van der Waals surface area contributed by atoms with Gasteiger partial charge < -0.3 is 0 Å². The van der Waals surface area contributed by atoms with Crippen LogP contribution in [0.15, 0.2) is 66.7 Å². The zero-order valence-corrected chi connectivity index (χ0v) is 13.0. The Morgan fingerprint density at radius 1 is 1.05 bits per heavy atom. The van der Waals surface area contributed by atoms with Crippen LogP contribution in [0.2, 0.25) is 0 Å². The van der Waals surface area contributed by atoms with Gasteiger partial charge in [0, 0.05) is 5.56 Å². The first-order valence-electron chi connectivity index (χ1n) is 7.50. The molecule has 0 saturated carbocycles. The summed E-state index contributed by atoms with van der Waals surface area (Å²) in [6.07, 6.45) is 4.17. The summed E-state index contributed by atoms with van der Waals surface area (Å²) in [6.45, 7) is 3.90. The van der Waals surface area contributed by atoms with Gasteiger partial charge in [-0.2, -0.15) is 0 Å². The number of allylic oxidation sites excluding steroid dienone is 1. The fraction of sp³-hybridized carbons (Fsp3) is 0.190. The molecule has 0 aliphatic heterocycles. The molecule has 0 spiro atoms. The van der Waals surface area contributed by atoms with Gasteiger partial charge in [0.2, 0.25) is 0 Å². The minimum absolute atomic E-state index is 0.0438. The molecule has 1 heteroatoms. The molecule has 0 aliphatic rings. The number of carbonyl (C=O) groups is 1. The van der Waals surface area contributed by atoms with Crippen LogP contribution in [-0.2, 0) is 4.79 Å². The van der Waals surface area contributed by atoms with Crippen LogP contribution in [-0.4, -0.2) is 5.78 Å². The summed E-state index contributed by atoms with van der Waals surface area (Å²) >= 11 is 0. The van der Waals surface area contributed by atoms with Gasteiger partial charge in [-0.1, -0.05) is 73.4 Å². The summed E-state index contributed by atoms with van der Waals surface area (Å²) in [6, 6.07) is 19.6. The maximum absolute atomic E-state index is 12.5. The van der Waals surface area contributed by atoms with Gasteiger partial charge in [0.1, 0.15) is 0 Å². The van der Waals surface area contributed by atoms with E-state index in [2.05, 4.69) is 11.8 Å². The van der Waals surface area contributed by atoms with E-state index in [9.17, 15) is 4.79 Å². The van der Waals surface area contributed by atoms with Crippen molar-refractivity contribution in [2.75, 3.05) is 0 Å². The number of hydrogen-bond acceptors (Lipinski definition) is 1. The highest BCUT2D eigenvalue weighted by Gasteiger charge is 2.26. The van der Waals surface area contributed by atoms with E-state index in [1.54, 1.807) is 6.08 Å². The fourth-order valence-electron chi connectivity index (χ4n) is 1.98. The lowest BCUT2D eigenvalue weighted by Gasteiger charge is -2.17. The van der Waals surface area contributed by atoms with E-state index in [1.807, 2.05) is 80.6 Å². The molecule has 0 heterocycles. The number of hydrogen-bond donors (Lipinski definition) is 0. The van der Waals surface area contributed by atoms with E-state index in [1.165, 1.54) is 0 Å². The van der Waals surface area contributed by atoms with Crippen molar-refractivity contribution in [2.24, 2.45) is 5.41 Å². The predicted molar refractivity (Wildman–Crippen MR) is 92.2 cm³/mol. The molecule has 0 fully saturated rings. The molecule has 0 aliphatic carbocycles. The molecular weight excluding hydrogens is 268 g/mol. The average molecular weight is 288 g/mol. The summed E-state index contributed by atoms with van der Waals surface area (Å²) in [5, 5.41) is 0.